The number of carbonyl (C=O) groups excluding carboxylic acids is 1. The highest BCUT2D eigenvalue weighted by Crippen LogP contribution is 2.27. The SMILES string of the molecule is CN(Cc1ccc(Cl)cc1)C(=O)C1COc2ccccc2C1. The molecule has 0 aromatic heterocycles. The Kier molecular flexibility index (Phi) is 4.34. The molecule has 22 heavy (non-hydrogen) atoms. The Morgan fingerprint density at radius 1 is 1.23 bits per heavy atom. The highest BCUT2D eigenvalue weighted by Gasteiger charge is 2.28. The van der Waals surface area contributed by atoms with Crippen molar-refractivity contribution < 1.29 is 9.53 Å². The normalized spacial score (nSPS) is 16.5. The first kappa shape index (κ1) is 14.9. The average Bonchev–Trinajstić information content (AvgIpc) is 2.55. The van der Waals surface area contributed by atoms with Crippen LogP contribution >= 0.6 is 11.6 Å². The largest absolute Gasteiger partial charge is 0.492 e. The second kappa shape index (κ2) is 6.41. The molecule has 1 heterocycles. The average molecular weight is 316 g/mol. The molecular formula is C18H18ClNO2. The van der Waals surface area contributed by atoms with Gasteiger partial charge in [0.2, 0.25) is 5.91 Å². The maximum Gasteiger partial charge on any atom is 0.229 e. The van der Waals surface area contributed by atoms with Crippen LogP contribution in [-0.4, -0.2) is 24.5 Å². The molecule has 0 aliphatic carbocycles. The van der Waals surface area contributed by atoms with Gasteiger partial charge in [0.15, 0.2) is 0 Å². The Labute approximate surface area is 135 Å². The van der Waals surface area contributed by atoms with E-state index in [0.717, 1.165) is 23.3 Å². The van der Waals surface area contributed by atoms with Gasteiger partial charge in [-0.2, -0.15) is 0 Å². The molecule has 1 atom stereocenters. The molecule has 0 N–H and O–H groups in total. The van der Waals surface area contributed by atoms with Crippen LogP contribution in [0.15, 0.2) is 48.5 Å². The lowest BCUT2D eigenvalue weighted by Gasteiger charge is -2.28. The van der Waals surface area contributed by atoms with Crippen LogP contribution in [0.5, 0.6) is 5.75 Å². The van der Waals surface area contributed by atoms with E-state index in [9.17, 15) is 4.79 Å². The molecule has 1 aliphatic heterocycles. The van der Waals surface area contributed by atoms with Crippen LogP contribution < -0.4 is 4.74 Å². The number of benzene rings is 2. The van der Waals surface area contributed by atoms with E-state index in [1.54, 1.807) is 4.90 Å². The van der Waals surface area contributed by atoms with E-state index in [1.807, 2.05) is 55.6 Å². The van der Waals surface area contributed by atoms with Crippen LogP contribution in [0.3, 0.4) is 0 Å². The van der Waals surface area contributed by atoms with Gasteiger partial charge in [-0.3, -0.25) is 4.79 Å². The zero-order chi connectivity index (χ0) is 15.5. The summed E-state index contributed by atoms with van der Waals surface area (Å²) in [5.41, 5.74) is 2.17. The minimum Gasteiger partial charge on any atom is -0.492 e. The Morgan fingerprint density at radius 3 is 2.73 bits per heavy atom. The van der Waals surface area contributed by atoms with Crippen LogP contribution in [0.25, 0.3) is 0 Å². The summed E-state index contributed by atoms with van der Waals surface area (Å²) in [6.07, 6.45) is 0.736. The third-order valence-corrected chi connectivity index (χ3v) is 4.19. The highest BCUT2D eigenvalue weighted by atomic mass is 35.5. The molecule has 1 amide bonds. The molecule has 0 saturated carbocycles. The van der Waals surface area contributed by atoms with Crippen molar-refractivity contribution in [1.82, 2.24) is 4.90 Å². The molecular weight excluding hydrogens is 298 g/mol. The van der Waals surface area contributed by atoms with Gasteiger partial charge in [-0.15, -0.1) is 0 Å². The smallest absolute Gasteiger partial charge is 0.229 e. The molecule has 1 aliphatic rings. The van der Waals surface area contributed by atoms with Gasteiger partial charge in [0.05, 0.1) is 5.92 Å². The predicted molar refractivity (Wildman–Crippen MR) is 87.1 cm³/mol. The van der Waals surface area contributed by atoms with Crippen molar-refractivity contribution in [3.8, 4) is 5.75 Å². The monoisotopic (exact) mass is 315 g/mol. The molecule has 3 nitrogen and oxygen atoms in total. The zero-order valence-electron chi connectivity index (χ0n) is 12.5. The third kappa shape index (κ3) is 3.25. The van der Waals surface area contributed by atoms with Gasteiger partial charge in [0.25, 0.3) is 0 Å². The summed E-state index contributed by atoms with van der Waals surface area (Å²) in [6, 6.07) is 15.5. The third-order valence-electron chi connectivity index (χ3n) is 3.94. The van der Waals surface area contributed by atoms with Crippen molar-refractivity contribution in [2.24, 2.45) is 5.92 Å². The van der Waals surface area contributed by atoms with E-state index < -0.39 is 0 Å². The Morgan fingerprint density at radius 2 is 1.95 bits per heavy atom. The number of hydrogen-bond acceptors (Lipinski definition) is 2. The van der Waals surface area contributed by atoms with Crippen molar-refractivity contribution in [3.63, 3.8) is 0 Å². The van der Waals surface area contributed by atoms with Crippen molar-refractivity contribution in [2.45, 2.75) is 13.0 Å². The summed E-state index contributed by atoms with van der Waals surface area (Å²) >= 11 is 5.88. The second-order valence-electron chi connectivity index (χ2n) is 5.64. The number of nitrogens with zero attached hydrogens (tertiary/aromatic N) is 1. The minimum atomic E-state index is -0.118. The van der Waals surface area contributed by atoms with Gasteiger partial charge < -0.3 is 9.64 Å². The molecule has 0 radical (unpaired) electrons. The van der Waals surface area contributed by atoms with Crippen molar-refractivity contribution in [3.05, 3.63) is 64.7 Å². The summed E-state index contributed by atoms with van der Waals surface area (Å²) in [5.74, 6) is 0.892. The van der Waals surface area contributed by atoms with Gasteiger partial charge in [0.1, 0.15) is 12.4 Å². The lowest BCUT2D eigenvalue weighted by molar-refractivity contribution is -0.136. The Bertz CT molecular complexity index is 669. The first-order chi connectivity index (χ1) is 10.6. The van der Waals surface area contributed by atoms with Crippen LogP contribution in [0.2, 0.25) is 5.02 Å². The Balaban J connectivity index is 1.65. The number of rotatable bonds is 3. The molecule has 0 bridgehead atoms. The maximum atomic E-state index is 12.6. The number of amides is 1. The quantitative estimate of drug-likeness (QED) is 0.867. The molecule has 0 fully saturated rings. The van der Waals surface area contributed by atoms with E-state index in [0.29, 0.717) is 18.2 Å². The number of carbonyl (C=O) groups is 1. The molecule has 2 aromatic rings. The van der Waals surface area contributed by atoms with Crippen molar-refractivity contribution >= 4 is 17.5 Å². The van der Waals surface area contributed by atoms with Gasteiger partial charge in [-0.25, -0.2) is 0 Å². The van der Waals surface area contributed by atoms with E-state index in [1.165, 1.54) is 0 Å². The number of halogens is 1. The standard InChI is InChI=1S/C18H18ClNO2/c1-20(11-13-6-8-16(19)9-7-13)18(21)15-10-14-4-2-3-5-17(14)22-12-15/h2-9,15H,10-12H2,1H3. The van der Waals surface area contributed by atoms with Crippen molar-refractivity contribution in [1.29, 1.82) is 0 Å². The second-order valence-corrected chi connectivity index (χ2v) is 6.08. The van der Waals surface area contributed by atoms with Crippen LogP contribution in [0.1, 0.15) is 11.1 Å². The van der Waals surface area contributed by atoms with Crippen molar-refractivity contribution in [2.75, 3.05) is 13.7 Å². The van der Waals surface area contributed by atoms with Gasteiger partial charge in [0, 0.05) is 18.6 Å². The summed E-state index contributed by atoms with van der Waals surface area (Å²) in [7, 11) is 1.83. The lowest BCUT2D eigenvalue weighted by Crippen LogP contribution is -2.38. The molecule has 0 saturated heterocycles. The van der Waals surface area contributed by atoms with E-state index in [2.05, 4.69) is 0 Å². The Hall–Kier alpha value is -2.00. The number of hydrogen-bond donors (Lipinski definition) is 0. The fourth-order valence-corrected chi connectivity index (χ4v) is 2.87. The van der Waals surface area contributed by atoms with Crippen LogP contribution in [0.4, 0.5) is 0 Å². The first-order valence-electron chi connectivity index (χ1n) is 7.33. The first-order valence-corrected chi connectivity index (χ1v) is 7.71. The van der Waals surface area contributed by atoms with E-state index >= 15 is 0 Å². The van der Waals surface area contributed by atoms with Gasteiger partial charge in [-0.05, 0) is 35.7 Å². The summed E-state index contributed by atoms with van der Waals surface area (Å²) < 4.78 is 5.71. The molecule has 0 spiro atoms. The van der Waals surface area contributed by atoms with Crippen LogP contribution in [-0.2, 0) is 17.8 Å². The highest BCUT2D eigenvalue weighted by molar-refractivity contribution is 6.30. The molecule has 1 unspecified atom stereocenters. The zero-order valence-corrected chi connectivity index (χ0v) is 13.2. The topological polar surface area (TPSA) is 29.5 Å². The molecule has 114 valence electrons. The summed E-state index contributed by atoms with van der Waals surface area (Å²) in [4.78, 5) is 14.4. The number of fused-ring (bicyclic) bond motifs is 1. The van der Waals surface area contributed by atoms with Gasteiger partial charge in [-0.1, -0.05) is 41.9 Å². The fraction of sp³-hybridized carbons (Fsp3) is 0.278. The van der Waals surface area contributed by atoms with E-state index in [-0.39, 0.29) is 11.8 Å². The van der Waals surface area contributed by atoms with Crippen LogP contribution in [0, 0.1) is 5.92 Å². The fourth-order valence-electron chi connectivity index (χ4n) is 2.74. The summed E-state index contributed by atoms with van der Waals surface area (Å²) in [5, 5.41) is 0.704. The minimum absolute atomic E-state index is 0.115. The molecule has 3 rings (SSSR count). The molecule has 2 aromatic carbocycles. The lowest BCUT2D eigenvalue weighted by atomic mass is 9.95. The van der Waals surface area contributed by atoms with Gasteiger partial charge >= 0.3 is 0 Å². The van der Waals surface area contributed by atoms with E-state index in [4.69, 9.17) is 16.3 Å². The number of para-hydroxylation sites is 1. The maximum absolute atomic E-state index is 12.6. The number of ether oxygens (including phenoxy) is 1. The predicted octanol–water partition coefficient (Wildman–Crippen LogP) is 3.55. The molecule has 4 heteroatoms. The summed E-state index contributed by atoms with van der Waals surface area (Å²) in [6.45, 7) is 1.02.